The Bertz CT molecular complexity index is 780. The second-order valence-corrected chi connectivity index (χ2v) is 5.91. The molecule has 2 atom stereocenters. The van der Waals surface area contributed by atoms with Crippen LogP contribution in [0.3, 0.4) is 0 Å². The van der Waals surface area contributed by atoms with Gasteiger partial charge in [-0.1, -0.05) is 18.2 Å². The summed E-state index contributed by atoms with van der Waals surface area (Å²) in [4.78, 5) is 22.7. The van der Waals surface area contributed by atoms with Gasteiger partial charge >= 0.3 is 11.9 Å². The minimum Gasteiger partial charge on any atom is -0.497 e. The molecule has 0 bridgehead atoms. The van der Waals surface area contributed by atoms with Crippen LogP contribution in [0.15, 0.2) is 30.3 Å². The molecule has 3 rings (SSSR count). The maximum atomic E-state index is 11.5. The molecule has 0 radical (unpaired) electrons. The molecule has 0 aliphatic heterocycles. The van der Waals surface area contributed by atoms with Crippen molar-refractivity contribution in [1.82, 2.24) is 0 Å². The van der Waals surface area contributed by atoms with E-state index in [1.807, 2.05) is 30.3 Å². The van der Waals surface area contributed by atoms with E-state index >= 15 is 0 Å². The van der Waals surface area contributed by atoms with Crippen LogP contribution in [0.5, 0.6) is 5.75 Å². The molecule has 2 N–H and O–H groups in total. The van der Waals surface area contributed by atoms with Gasteiger partial charge in [0.1, 0.15) is 5.75 Å². The van der Waals surface area contributed by atoms with Crippen molar-refractivity contribution in [2.45, 2.75) is 25.2 Å². The minimum absolute atomic E-state index is 0.167. The molecule has 2 aromatic carbocycles. The van der Waals surface area contributed by atoms with Crippen molar-refractivity contribution in [1.29, 1.82) is 0 Å². The van der Waals surface area contributed by atoms with Crippen LogP contribution in [0, 0.1) is 5.92 Å². The highest BCUT2D eigenvalue weighted by atomic mass is 16.5. The van der Waals surface area contributed by atoms with Crippen LogP contribution in [0.25, 0.3) is 10.8 Å². The molecule has 0 fully saturated rings. The zero-order valence-corrected chi connectivity index (χ0v) is 12.8. The number of carbonyl (C=O) groups is 2. The maximum Gasteiger partial charge on any atom is 0.307 e. The Balaban J connectivity index is 2.17. The molecule has 0 spiro atoms. The summed E-state index contributed by atoms with van der Waals surface area (Å²) < 4.78 is 5.28. The number of carboxylic acid groups (broad SMARTS) is 2. The summed E-state index contributed by atoms with van der Waals surface area (Å²) in [6.07, 6.45) is 0.920. The van der Waals surface area contributed by atoms with E-state index in [1.165, 1.54) is 0 Å². The van der Waals surface area contributed by atoms with Gasteiger partial charge in [-0.05, 0) is 46.9 Å². The van der Waals surface area contributed by atoms with E-state index in [4.69, 9.17) is 4.74 Å². The second kappa shape index (κ2) is 5.91. The van der Waals surface area contributed by atoms with Gasteiger partial charge in [0.25, 0.3) is 0 Å². The standard InChI is InChI=1S/C18H18O5/c1-23-11-4-2-10-3-5-13-12(15(10)8-11)6-7-14(18(21)22)16(13)9-17(19)20/h2-5,8,14,16H,6-7,9H2,1H3,(H,19,20)(H,21,22). The number of fused-ring (bicyclic) bond motifs is 3. The van der Waals surface area contributed by atoms with Crippen molar-refractivity contribution >= 4 is 22.7 Å². The quantitative estimate of drug-likeness (QED) is 0.906. The Kier molecular flexibility index (Phi) is 3.94. The molecular weight excluding hydrogens is 296 g/mol. The van der Waals surface area contributed by atoms with E-state index in [0.29, 0.717) is 12.8 Å². The highest BCUT2D eigenvalue weighted by molar-refractivity contribution is 5.89. The predicted octanol–water partition coefficient (Wildman–Crippen LogP) is 3.05. The fourth-order valence-electron chi connectivity index (χ4n) is 3.58. The van der Waals surface area contributed by atoms with Crippen molar-refractivity contribution in [2.24, 2.45) is 5.92 Å². The molecule has 1 aliphatic rings. The summed E-state index contributed by atoms with van der Waals surface area (Å²) >= 11 is 0. The van der Waals surface area contributed by atoms with E-state index in [2.05, 4.69) is 0 Å². The number of ether oxygens (including phenoxy) is 1. The predicted molar refractivity (Wildman–Crippen MR) is 84.9 cm³/mol. The Morgan fingerprint density at radius 3 is 2.61 bits per heavy atom. The molecule has 2 unspecified atom stereocenters. The fraction of sp³-hybridized carbons (Fsp3) is 0.333. The number of aryl methyl sites for hydroxylation is 1. The van der Waals surface area contributed by atoms with E-state index in [1.54, 1.807) is 7.11 Å². The molecule has 23 heavy (non-hydrogen) atoms. The van der Waals surface area contributed by atoms with Gasteiger partial charge in [0.05, 0.1) is 19.4 Å². The SMILES string of the molecule is COc1ccc2ccc3c(c2c1)CCC(C(=O)O)C3CC(=O)O. The number of hydrogen-bond acceptors (Lipinski definition) is 3. The maximum absolute atomic E-state index is 11.5. The monoisotopic (exact) mass is 314 g/mol. The first kappa shape index (κ1) is 15.3. The summed E-state index contributed by atoms with van der Waals surface area (Å²) in [5, 5.41) is 20.7. The lowest BCUT2D eigenvalue weighted by molar-refractivity contribution is -0.144. The molecule has 0 aromatic heterocycles. The molecule has 5 nitrogen and oxygen atoms in total. The third kappa shape index (κ3) is 2.74. The van der Waals surface area contributed by atoms with E-state index in [9.17, 15) is 19.8 Å². The lowest BCUT2D eigenvalue weighted by Crippen LogP contribution is -2.29. The first-order chi connectivity index (χ1) is 11.0. The number of rotatable bonds is 4. The van der Waals surface area contributed by atoms with Gasteiger partial charge in [-0.15, -0.1) is 0 Å². The van der Waals surface area contributed by atoms with Crippen molar-refractivity contribution in [3.63, 3.8) is 0 Å². The molecule has 120 valence electrons. The average molecular weight is 314 g/mol. The molecule has 0 amide bonds. The molecule has 2 aromatic rings. The average Bonchev–Trinajstić information content (AvgIpc) is 2.53. The summed E-state index contributed by atoms with van der Waals surface area (Å²) in [6.45, 7) is 0. The van der Waals surface area contributed by atoms with Crippen LogP contribution in [0.2, 0.25) is 0 Å². The van der Waals surface area contributed by atoms with Crippen LogP contribution in [-0.4, -0.2) is 29.3 Å². The van der Waals surface area contributed by atoms with Gasteiger partial charge in [-0.2, -0.15) is 0 Å². The van der Waals surface area contributed by atoms with E-state index in [-0.39, 0.29) is 6.42 Å². The first-order valence-corrected chi connectivity index (χ1v) is 7.55. The van der Waals surface area contributed by atoms with E-state index in [0.717, 1.165) is 27.6 Å². The Morgan fingerprint density at radius 2 is 1.96 bits per heavy atom. The van der Waals surface area contributed by atoms with Crippen molar-refractivity contribution in [3.05, 3.63) is 41.5 Å². The molecule has 1 aliphatic carbocycles. The number of carboxylic acids is 2. The summed E-state index contributed by atoms with van der Waals surface area (Å²) in [6, 6.07) is 9.59. The van der Waals surface area contributed by atoms with Gasteiger partial charge in [0.2, 0.25) is 0 Å². The Morgan fingerprint density at radius 1 is 1.22 bits per heavy atom. The number of hydrogen-bond donors (Lipinski definition) is 2. The van der Waals surface area contributed by atoms with Crippen molar-refractivity contribution in [2.75, 3.05) is 7.11 Å². The number of aliphatic carboxylic acids is 2. The zero-order valence-electron chi connectivity index (χ0n) is 12.8. The molecular formula is C18H18O5. The van der Waals surface area contributed by atoms with Crippen LogP contribution in [0.1, 0.15) is 29.9 Å². The zero-order chi connectivity index (χ0) is 16.6. The minimum atomic E-state index is -0.972. The number of methoxy groups -OCH3 is 1. The first-order valence-electron chi connectivity index (χ1n) is 7.55. The van der Waals surface area contributed by atoms with E-state index < -0.39 is 23.8 Å². The summed E-state index contributed by atoms with van der Waals surface area (Å²) in [5.41, 5.74) is 1.89. The highest BCUT2D eigenvalue weighted by Gasteiger charge is 2.36. The van der Waals surface area contributed by atoms with Gasteiger partial charge in [-0.3, -0.25) is 9.59 Å². The Hall–Kier alpha value is -2.56. The van der Waals surface area contributed by atoms with Gasteiger partial charge in [0.15, 0.2) is 0 Å². The normalized spacial score (nSPS) is 20.0. The Labute approximate surface area is 133 Å². The lowest BCUT2D eigenvalue weighted by atomic mass is 9.72. The molecule has 0 saturated carbocycles. The second-order valence-electron chi connectivity index (χ2n) is 5.91. The van der Waals surface area contributed by atoms with Crippen molar-refractivity contribution < 1.29 is 24.5 Å². The molecule has 5 heteroatoms. The van der Waals surface area contributed by atoms with Crippen LogP contribution < -0.4 is 4.74 Å². The van der Waals surface area contributed by atoms with Gasteiger partial charge in [-0.25, -0.2) is 0 Å². The highest BCUT2D eigenvalue weighted by Crippen LogP contribution is 2.42. The molecule has 0 saturated heterocycles. The lowest BCUT2D eigenvalue weighted by Gasteiger charge is -2.31. The largest absolute Gasteiger partial charge is 0.497 e. The van der Waals surface area contributed by atoms with Gasteiger partial charge < -0.3 is 14.9 Å². The smallest absolute Gasteiger partial charge is 0.307 e. The third-order valence-electron chi connectivity index (χ3n) is 4.68. The summed E-state index contributed by atoms with van der Waals surface area (Å²) in [5.74, 6) is -2.31. The third-order valence-corrected chi connectivity index (χ3v) is 4.68. The fourth-order valence-corrected chi connectivity index (χ4v) is 3.58. The van der Waals surface area contributed by atoms with Crippen molar-refractivity contribution in [3.8, 4) is 5.75 Å². The number of benzene rings is 2. The summed E-state index contributed by atoms with van der Waals surface area (Å²) in [7, 11) is 1.60. The van der Waals surface area contributed by atoms with Gasteiger partial charge in [0, 0.05) is 5.92 Å². The van der Waals surface area contributed by atoms with Crippen LogP contribution in [0.4, 0.5) is 0 Å². The van der Waals surface area contributed by atoms with Crippen LogP contribution >= 0.6 is 0 Å². The topological polar surface area (TPSA) is 83.8 Å². The van der Waals surface area contributed by atoms with Crippen LogP contribution in [-0.2, 0) is 16.0 Å². The molecule has 0 heterocycles.